The molecule has 1 aromatic heterocycles. The molecule has 1 heterocycles. The van der Waals surface area contributed by atoms with Crippen molar-refractivity contribution in [3.8, 4) is 11.1 Å². The number of rotatable bonds is 3. The van der Waals surface area contributed by atoms with Crippen LogP contribution in [0, 0.1) is 0 Å². The lowest BCUT2D eigenvalue weighted by atomic mass is 10.1. The van der Waals surface area contributed by atoms with Crippen LogP contribution in [0.25, 0.3) is 11.1 Å². The van der Waals surface area contributed by atoms with Crippen molar-refractivity contribution in [2.24, 2.45) is 0 Å². The SMILES string of the molecule is CN(C)c1ccc(-c2ccc(C=O)cc2)cn1. The van der Waals surface area contributed by atoms with E-state index < -0.39 is 0 Å². The molecule has 0 aliphatic heterocycles. The van der Waals surface area contributed by atoms with Gasteiger partial charge in [0.25, 0.3) is 0 Å². The maximum atomic E-state index is 10.6. The molecule has 0 unspecified atom stereocenters. The summed E-state index contributed by atoms with van der Waals surface area (Å²) in [4.78, 5) is 16.9. The highest BCUT2D eigenvalue weighted by Crippen LogP contribution is 2.20. The number of hydrogen-bond acceptors (Lipinski definition) is 3. The fourth-order valence-corrected chi connectivity index (χ4v) is 1.58. The maximum Gasteiger partial charge on any atom is 0.150 e. The second kappa shape index (κ2) is 4.78. The van der Waals surface area contributed by atoms with Gasteiger partial charge in [0, 0.05) is 31.4 Å². The van der Waals surface area contributed by atoms with Crippen molar-refractivity contribution < 1.29 is 4.79 Å². The molecule has 0 radical (unpaired) electrons. The predicted octanol–water partition coefficient (Wildman–Crippen LogP) is 2.63. The Bertz CT molecular complexity index is 501. The molecular formula is C14H14N2O. The summed E-state index contributed by atoms with van der Waals surface area (Å²) >= 11 is 0. The van der Waals surface area contributed by atoms with Gasteiger partial charge in [-0.3, -0.25) is 4.79 Å². The molecule has 3 nitrogen and oxygen atoms in total. The standard InChI is InChI=1S/C14H14N2O/c1-16(2)14-8-7-13(9-15-14)12-5-3-11(10-17)4-6-12/h3-10H,1-2H3. The average molecular weight is 226 g/mol. The lowest BCUT2D eigenvalue weighted by molar-refractivity contribution is 0.112. The smallest absolute Gasteiger partial charge is 0.150 e. The van der Waals surface area contributed by atoms with Crippen LogP contribution in [0.1, 0.15) is 10.4 Å². The molecule has 0 fully saturated rings. The first kappa shape index (κ1) is 11.3. The molecule has 0 aliphatic rings. The van der Waals surface area contributed by atoms with Crippen LogP contribution in [0.5, 0.6) is 0 Å². The number of anilines is 1. The molecule has 0 atom stereocenters. The van der Waals surface area contributed by atoms with Crippen LogP contribution in [0.3, 0.4) is 0 Å². The molecule has 2 rings (SSSR count). The van der Waals surface area contributed by atoms with Crippen molar-refractivity contribution in [1.29, 1.82) is 0 Å². The van der Waals surface area contributed by atoms with Gasteiger partial charge in [-0.1, -0.05) is 24.3 Å². The Kier molecular flexibility index (Phi) is 3.19. The maximum absolute atomic E-state index is 10.6. The highest BCUT2D eigenvalue weighted by Gasteiger charge is 2.00. The zero-order chi connectivity index (χ0) is 12.3. The highest BCUT2D eigenvalue weighted by atomic mass is 16.1. The molecule has 0 amide bonds. The molecule has 17 heavy (non-hydrogen) atoms. The Morgan fingerprint density at radius 2 is 1.65 bits per heavy atom. The number of pyridine rings is 1. The summed E-state index contributed by atoms with van der Waals surface area (Å²) < 4.78 is 0. The Morgan fingerprint density at radius 1 is 1.00 bits per heavy atom. The van der Waals surface area contributed by atoms with Crippen LogP contribution in [0.4, 0.5) is 5.82 Å². The Labute approximate surface area is 101 Å². The summed E-state index contributed by atoms with van der Waals surface area (Å²) in [7, 11) is 3.92. The van der Waals surface area contributed by atoms with E-state index in [-0.39, 0.29) is 0 Å². The molecule has 0 saturated heterocycles. The van der Waals surface area contributed by atoms with Crippen molar-refractivity contribution >= 4 is 12.1 Å². The van der Waals surface area contributed by atoms with Gasteiger partial charge >= 0.3 is 0 Å². The van der Waals surface area contributed by atoms with Gasteiger partial charge in [0.05, 0.1) is 0 Å². The van der Waals surface area contributed by atoms with Gasteiger partial charge in [-0.15, -0.1) is 0 Å². The van der Waals surface area contributed by atoms with Crippen molar-refractivity contribution in [2.75, 3.05) is 19.0 Å². The van der Waals surface area contributed by atoms with Gasteiger partial charge in [0.1, 0.15) is 12.1 Å². The van der Waals surface area contributed by atoms with E-state index in [9.17, 15) is 4.79 Å². The predicted molar refractivity (Wildman–Crippen MR) is 69.4 cm³/mol. The van der Waals surface area contributed by atoms with Gasteiger partial charge in [-0.05, 0) is 17.7 Å². The first-order valence-corrected chi connectivity index (χ1v) is 5.39. The molecule has 0 aliphatic carbocycles. The second-order valence-electron chi connectivity index (χ2n) is 4.04. The molecule has 0 N–H and O–H groups in total. The summed E-state index contributed by atoms with van der Waals surface area (Å²) in [6.07, 6.45) is 2.68. The Balaban J connectivity index is 2.29. The van der Waals surface area contributed by atoms with Crippen LogP contribution in [0.15, 0.2) is 42.6 Å². The molecule has 86 valence electrons. The van der Waals surface area contributed by atoms with E-state index in [1.54, 1.807) is 0 Å². The largest absolute Gasteiger partial charge is 0.363 e. The summed E-state index contributed by atoms with van der Waals surface area (Å²) in [6.45, 7) is 0. The molecule has 0 spiro atoms. The fourth-order valence-electron chi connectivity index (χ4n) is 1.58. The summed E-state index contributed by atoms with van der Waals surface area (Å²) in [6, 6.07) is 11.5. The van der Waals surface area contributed by atoms with Gasteiger partial charge in [0.15, 0.2) is 0 Å². The Morgan fingerprint density at radius 3 is 2.12 bits per heavy atom. The van der Waals surface area contributed by atoms with Crippen molar-refractivity contribution in [3.63, 3.8) is 0 Å². The minimum absolute atomic E-state index is 0.687. The number of aldehydes is 1. The van der Waals surface area contributed by atoms with Gasteiger partial charge in [0.2, 0.25) is 0 Å². The van der Waals surface area contributed by atoms with Crippen molar-refractivity contribution in [2.45, 2.75) is 0 Å². The van der Waals surface area contributed by atoms with Crippen LogP contribution < -0.4 is 4.90 Å². The molecule has 0 bridgehead atoms. The van der Waals surface area contributed by atoms with E-state index >= 15 is 0 Å². The third kappa shape index (κ3) is 2.50. The van der Waals surface area contributed by atoms with Crippen LogP contribution in [0.2, 0.25) is 0 Å². The first-order valence-electron chi connectivity index (χ1n) is 5.39. The molecular weight excluding hydrogens is 212 g/mol. The molecule has 2 aromatic rings. The van der Waals surface area contributed by atoms with E-state index in [4.69, 9.17) is 0 Å². The summed E-state index contributed by atoms with van der Waals surface area (Å²) in [5.74, 6) is 0.929. The highest BCUT2D eigenvalue weighted by molar-refractivity contribution is 5.76. The first-order chi connectivity index (χ1) is 8.20. The number of aromatic nitrogens is 1. The van der Waals surface area contributed by atoms with E-state index in [1.807, 2.05) is 61.6 Å². The lowest BCUT2D eigenvalue weighted by Gasteiger charge is -2.11. The lowest BCUT2D eigenvalue weighted by Crippen LogP contribution is -2.09. The summed E-state index contributed by atoms with van der Waals surface area (Å²) in [5, 5.41) is 0. The quantitative estimate of drug-likeness (QED) is 0.754. The third-order valence-electron chi connectivity index (χ3n) is 2.59. The molecule has 3 heteroatoms. The van der Waals surface area contributed by atoms with Crippen molar-refractivity contribution in [3.05, 3.63) is 48.2 Å². The molecule has 1 aromatic carbocycles. The topological polar surface area (TPSA) is 33.2 Å². The normalized spacial score (nSPS) is 10.0. The van der Waals surface area contributed by atoms with E-state index in [0.717, 1.165) is 23.2 Å². The van der Waals surface area contributed by atoms with Gasteiger partial charge < -0.3 is 4.90 Å². The van der Waals surface area contributed by atoms with Crippen LogP contribution in [-0.4, -0.2) is 25.4 Å². The van der Waals surface area contributed by atoms with E-state index in [0.29, 0.717) is 5.56 Å². The fraction of sp³-hybridized carbons (Fsp3) is 0.143. The zero-order valence-corrected chi connectivity index (χ0v) is 9.92. The van der Waals surface area contributed by atoms with E-state index in [1.165, 1.54) is 0 Å². The number of nitrogens with zero attached hydrogens (tertiary/aromatic N) is 2. The number of hydrogen-bond donors (Lipinski definition) is 0. The minimum Gasteiger partial charge on any atom is -0.363 e. The average Bonchev–Trinajstić information content (AvgIpc) is 2.39. The molecule has 0 saturated carbocycles. The van der Waals surface area contributed by atoms with Gasteiger partial charge in [-0.2, -0.15) is 0 Å². The van der Waals surface area contributed by atoms with Crippen LogP contribution >= 0.6 is 0 Å². The number of benzene rings is 1. The number of carbonyl (C=O) groups excluding carboxylic acids is 1. The van der Waals surface area contributed by atoms with E-state index in [2.05, 4.69) is 4.98 Å². The van der Waals surface area contributed by atoms with Crippen LogP contribution in [-0.2, 0) is 0 Å². The monoisotopic (exact) mass is 226 g/mol. The van der Waals surface area contributed by atoms with Gasteiger partial charge in [-0.25, -0.2) is 4.98 Å². The minimum atomic E-state index is 0.687. The number of carbonyl (C=O) groups is 1. The Hall–Kier alpha value is -2.16. The summed E-state index contributed by atoms with van der Waals surface area (Å²) in [5.41, 5.74) is 2.80. The van der Waals surface area contributed by atoms with Crippen molar-refractivity contribution in [1.82, 2.24) is 4.98 Å². The second-order valence-corrected chi connectivity index (χ2v) is 4.04. The zero-order valence-electron chi connectivity index (χ0n) is 9.92. The third-order valence-corrected chi connectivity index (χ3v) is 2.59.